The summed E-state index contributed by atoms with van der Waals surface area (Å²) in [5, 5.41) is 3.25. The molecule has 0 radical (unpaired) electrons. The maximum Gasteiger partial charge on any atom is 0.264 e. The summed E-state index contributed by atoms with van der Waals surface area (Å²) in [5.41, 5.74) is 1.61. The van der Waals surface area contributed by atoms with Crippen molar-refractivity contribution in [3.63, 3.8) is 0 Å². The maximum absolute atomic E-state index is 11.3. The average molecular weight is 253 g/mol. The number of aryl methyl sites for hydroxylation is 1. The van der Waals surface area contributed by atoms with Crippen LogP contribution in [0.4, 0.5) is 0 Å². The summed E-state index contributed by atoms with van der Waals surface area (Å²) >= 11 is 6.05. The Morgan fingerprint density at radius 2 is 2.18 bits per heavy atom. The third-order valence-electron chi connectivity index (χ3n) is 2.56. The SMILES string of the molecule is CCc1cc(=O)[nH]n1-c1ccc(OC)c(Cl)c1. The molecule has 2 rings (SSSR count). The highest BCUT2D eigenvalue weighted by Crippen LogP contribution is 2.26. The lowest BCUT2D eigenvalue weighted by atomic mass is 10.2. The van der Waals surface area contributed by atoms with E-state index >= 15 is 0 Å². The molecule has 5 heteroatoms. The fraction of sp³-hybridized carbons (Fsp3) is 0.250. The molecular formula is C12H13ClN2O2. The van der Waals surface area contributed by atoms with Crippen molar-refractivity contribution in [2.45, 2.75) is 13.3 Å². The molecule has 0 bridgehead atoms. The van der Waals surface area contributed by atoms with Crippen LogP contribution in [0.15, 0.2) is 29.1 Å². The largest absolute Gasteiger partial charge is 0.495 e. The van der Waals surface area contributed by atoms with E-state index < -0.39 is 0 Å². The summed E-state index contributed by atoms with van der Waals surface area (Å²) in [4.78, 5) is 11.3. The minimum absolute atomic E-state index is 0.117. The molecule has 1 heterocycles. The zero-order chi connectivity index (χ0) is 12.4. The fourth-order valence-electron chi connectivity index (χ4n) is 1.72. The normalized spacial score (nSPS) is 10.5. The molecule has 0 saturated heterocycles. The Morgan fingerprint density at radius 3 is 2.76 bits per heavy atom. The van der Waals surface area contributed by atoms with Gasteiger partial charge in [-0.3, -0.25) is 14.6 Å². The molecule has 0 aliphatic heterocycles. The van der Waals surface area contributed by atoms with E-state index in [1.54, 1.807) is 30.0 Å². The first kappa shape index (κ1) is 11.8. The molecule has 2 aromatic rings. The van der Waals surface area contributed by atoms with Gasteiger partial charge >= 0.3 is 0 Å². The van der Waals surface area contributed by atoms with E-state index in [1.165, 1.54) is 0 Å². The number of hydrogen-bond donors (Lipinski definition) is 1. The number of halogens is 1. The van der Waals surface area contributed by atoms with Crippen LogP contribution in [0.25, 0.3) is 5.69 Å². The first-order valence-corrected chi connectivity index (χ1v) is 5.68. The molecule has 0 spiro atoms. The Labute approximate surface area is 104 Å². The van der Waals surface area contributed by atoms with Crippen LogP contribution in [-0.4, -0.2) is 16.9 Å². The van der Waals surface area contributed by atoms with E-state index in [1.807, 2.05) is 13.0 Å². The lowest BCUT2D eigenvalue weighted by Crippen LogP contribution is -2.05. The molecule has 90 valence electrons. The summed E-state index contributed by atoms with van der Waals surface area (Å²) in [5.74, 6) is 0.614. The highest BCUT2D eigenvalue weighted by atomic mass is 35.5. The number of ether oxygens (including phenoxy) is 1. The molecule has 0 amide bonds. The lowest BCUT2D eigenvalue weighted by molar-refractivity contribution is 0.415. The van der Waals surface area contributed by atoms with Crippen molar-refractivity contribution in [2.24, 2.45) is 0 Å². The van der Waals surface area contributed by atoms with Gasteiger partial charge in [0.05, 0.1) is 17.8 Å². The van der Waals surface area contributed by atoms with Crippen molar-refractivity contribution in [3.05, 3.63) is 45.3 Å². The second-order valence-electron chi connectivity index (χ2n) is 3.62. The van der Waals surface area contributed by atoms with Gasteiger partial charge in [-0.15, -0.1) is 0 Å². The van der Waals surface area contributed by atoms with Crippen LogP contribution < -0.4 is 10.3 Å². The van der Waals surface area contributed by atoms with Crippen LogP contribution in [0.2, 0.25) is 5.02 Å². The Kier molecular flexibility index (Phi) is 3.24. The topological polar surface area (TPSA) is 47.0 Å². The molecule has 1 N–H and O–H groups in total. The van der Waals surface area contributed by atoms with Gasteiger partial charge in [-0.1, -0.05) is 18.5 Å². The van der Waals surface area contributed by atoms with Gasteiger partial charge in [-0.2, -0.15) is 0 Å². The van der Waals surface area contributed by atoms with Gasteiger partial charge in [0.25, 0.3) is 5.56 Å². The maximum atomic E-state index is 11.3. The summed E-state index contributed by atoms with van der Waals surface area (Å²) < 4.78 is 6.81. The minimum Gasteiger partial charge on any atom is -0.495 e. The van der Waals surface area contributed by atoms with Crippen LogP contribution in [0.1, 0.15) is 12.6 Å². The first-order valence-electron chi connectivity index (χ1n) is 5.30. The van der Waals surface area contributed by atoms with E-state index in [9.17, 15) is 4.79 Å². The number of nitrogens with zero attached hydrogens (tertiary/aromatic N) is 1. The monoisotopic (exact) mass is 252 g/mol. The van der Waals surface area contributed by atoms with Gasteiger partial charge in [-0.25, -0.2) is 0 Å². The molecule has 0 aliphatic carbocycles. The summed E-state index contributed by atoms with van der Waals surface area (Å²) in [6.45, 7) is 1.99. The van der Waals surface area contributed by atoms with Gasteiger partial charge in [-0.05, 0) is 24.6 Å². The Balaban J connectivity index is 2.53. The third-order valence-corrected chi connectivity index (χ3v) is 2.86. The van der Waals surface area contributed by atoms with E-state index in [0.29, 0.717) is 10.8 Å². The second kappa shape index (κ2) is 4.67. The molecule has 0 aliphatic rings. The van der Waals surface area contributed by atoms with Crippen LogP contribution in [0, 0.1) is 0 Å². The number of aromatic nitrogens is 2. The lowest BCUT2D eigenvalue weighted by Gasteiger charge is -2.09. The van der Waals surface area contributed by atoms with Crippen LogP contribution >= 0.6 is 11.6 Å². The highest BCUT2D eigenvalue weighted by Gasteiger charge is 2.07. The molecular weight excluding hydrogens is 240 g/mol. The predicted molar refractivity (Wildman–Crippen MR) is 67.3 cm³/mol. The zero-order valence-corrected chi connectivity index (χ0v) is 10.4. The molecule has 0 unspecified atom stereocenters. The molecule has 17 heavy (non-hydrogen) atoms. The van der Waals surface area contributed by atoms with Crippen molar-refractivity contribution in [2.75, 3.05) is 7.11 Å². The number of hydrogen-bond acceptors (Lipinski definition) is 2. The van der Waals surface area contributed by atoms with Gasteiger partial charge < -0.3 is 4.74 Å². The standard InChI is InChI=1S/C12H13ClN2O2/c1-3-8-7-12(16)14-15(8)9-4-5-11(17-2)10(13)6-9/h4-7H,3H2,1-2H3,(H,14,16). The van der Waals surface area contributed by atoms with E-state index in [4.69, 9.17) is 16.3 Å². The van der Waals surface area contributed by atoms with E-state index in [2.05, 4.69) is 5.10 Å². The Hall–Kier alpha value is -1.68. The number of benzene rings is 1. The molecule has 0 atom stereocenters. The van der Waals surface area contributed by atoms with Crippen molar-refractivity contribution >= 4 is 11.6 Å². The zero-order valence-electron chi connectivity index (χ0n) is 9.66. The first-order chi connectivity index (χ1) is 8.15. The third kappa shape index (κ3) is 2.22. The summed E-state index contributed by atoms with van der Waals surface area (Å²) in [7, 11) is 1.57. The van der Waals surface area contributed by atoms with Gasteiger partial charge in [0.15, 0.2) is 0 Å². The number of nitrogens with one attached hydrogen (secondary N) is 1. The number of methoxy groups -OCH3 is 1. The van der Waals surface area contributed by atoms with E-state index in [0.717, 1.165) is 17.8 Å². The van der Waals surface area contributed by atoms with Crippen LogP contribution in [0.3, 0.4) is 0 Å². The highest BCUT2D eigenvalue weighted by molar-refractivity contribution is 6.32. The quantitative estimate of drug-likeness (QED) is 0.912. The number of aromatic amines is 1. The summed E-state index contributed by atoms with van der Waals surface area (Å²) in [6, 6.07) is 6.96. The smallest absolute Gasteiger partial charge is 0.264 e. The molecule has 0 fully saturated rings. The number of rotatable bonds is 3. The van der Waals surface area contributed by atoms with Crippen LogP contribution in [-0.2, 0) is 6.42 Å². The van der Waals surface area contributed by atoms with Crippen LogP contribution in [0.5, 0.6) is 5.75 Å². The predicted octanol–water partition coefficient (Wildman–Crippen LogP) is 2.39. The number of H-pyrrole nitrogens is 1. The molecule has 1 aromatic heterocycles. The molecule has 0 saturated carbocycles. The van der Waals surface area contributed by atoms with Gasteiger partial charge in [0, 0.05) is 11.8 Å². The minimum atomic E-state index is -0.117. The van der Waals surface area contributed by atoms with Gasteiger partial charge in [0.1, 0.15) is 5.75 Å². The average Bonchev–Trinajstić information content (AvgIpc) is 2.70. The second-order valence-corrected chi connectivity index (χ2v) is 4.03. The Bertz CT molecular complexity index is 586. The van der Waals surface area contributed by atoms with Crippen molar-refractivity contribution in [1.82, 2.24) is 9.78 Å². The van der Waals surface area contributed by atoms with Crippen molar-refractivity contribution in [1.29, 1.82) is 0 Å². The van der Waals surface area contributed by atoms with Gasteiger partial charge in [0.2, 0.25) is 0 Å². The Morgan fingerprint density at radius 1 is 1.41 bits per heavy atom. The summed E-state index contributed by atoms with van der Waals surface area (Å²) in [6.07, 6.45) is 0.766. The van der Waals surface area contributed by atoms with Crippen molar-refractivity contribution < 1.29 is 4.74 Å². The van der Waals surface area contributed by atoms with Crippen molar-refractivity contribution in [3.8, 4) is 11.4 Å². The molecule has 4 nitrogen and oxygen atoms in total. The molecule has 1 aromatic carbocycles. The fourth-order valence-corrected chi connectivity index (χ4v) is 1.97. The van der Waals surface area contributed by atoms with E-state index in [-0.39, 0.29) is 5.56 Å².